The summed E-state index contributed by atoms with van der Waals surface area (Å²) in [6.45, 7) is 1.82. The summed E-state index contributed by atoms with van der Waals surface area (Å²) >= 11 is 0. The molecule has 0 saturated carbocycles. The maximum atomic E-state index is 13.5. The third kappa shape index (κ3) is 2.84. The first-order valence-corrected chi connectivity index (χ1v) is 8.37. The number of halogens is 1. The predicted molar refractivity (Wildman–Crippen MR) is 90.3 cm³/mol. The molecule has 1 aliphatic carbocycles. The van der Waals surface area contributed by atoms with Crippen LogP contribution in [0.1, 0.15) is 41.3 Å². The van der Waals surface area contributed by atoms with Crippen LogP contribution in [0.5, 0.6) is 0 Å². The van der Waals surface area contributed by atoms with Crippen LogP contribution in [0.3, 0.4) is 0 Å². The number of benzene rings is 1. The van der Waals surface area contributed by atoms with Gasteiger partial charge in [-0.2, -0.15) is 0 Å². The summed E-state index contributed by atoms with van der Waals surface area (Å²) < 4.78 is 19.5. The van der Waals surface area contributed by atoms with Crippen molar-refractivity contribution < 1.29 is 8.81 Å². The van der Waals surface area contributed by atoms with Crippen LogP contribution in [0.15, 0.2) is 47.0 Å². The Hall–Kier alpha value is -2.49. The van der Waals surface area contributed by atoms with Gasteiger partial charge in [0, 0.05) is 19.0 Å². The van der Waals surface area contributed by atoms with E-state index in [4.69, 9.17) is 9.40 Å². The van der Waals surface area contributed by atoms with Crippen molar-refractivity contribution in [2.45, 2.75) is 38.5 Å². The average Bonchev–Trinajstić information content (AvgIpc) is 2.90. The molecule has 4 rings (SSSR count). The highest BCUT2D eigenvalue weighted by Gasteiger charge is 2.24. The fraction of sp³-hybridized carbons (Fsp3) is 0.300. The molecule has 0 amide bonds. The molecule has 2 aromatic heterocycles. The lowest BCUT2D eigenvalue weighted by Gasteiger charge is -2.15. The van der Waals surface area contributed by atoms with Gasteiger partial charge in [0.15, 0.2) is 0 Å². The Morgan fingerprint density at radius 1 is 1.21 bits per heavy atom. The second-order valence-corrected chi connectivity index (χ2v) is 6.41. The predicted octanol–water partition coefficient (Wildman–Crippen LogP) is 4.85. The lowest BCUT2D eigenvalue weighted by atomic mass is 9.90. The van der Waals surface area contributed by atoms with Gasteiger partial charge < -0.3 is 4.42 Å². The van der Waals surface area contributed by atoms with E-state index in [0.717, 1.165) is 42.8 Å². The van der Waals surface area contributed by atoms with Crippen molar-refractivity contribution in [3.05, 3.63) is 71.0 Å². The zero-order valence-electron chi connectivity index (χ0n) is 13.6. The summed E-state index contributed by atoms with van der Waals surface area (Å²) in [7, 11) is 0. The zero-order chi connectivity index (χ0) is 16.5. The number of fused-ring (bicyclic) bond motifs is 1. The van der Waals surface area contributed by atoms with E-state index in [-0.39, 0.29) is 5.82 Å². The molecule has 0 N–H and O–H groups in total. The Balaban J connectivity index is 1.65. The molecule has 122 valence electrons. The van der Waals surface area contributed by atoms with Crippen LogP contribution >= 0.6 is 0 Å². The molecule has 1 unspecified atom stereocenters. The molecule has 0 radical (unpaired) electrons. The van der Waals surface area contributed by atoms with E-state index in [1.54, 1.807) is 12.3 Å². The van der Waals surface area contributed by atoms with Gasteiger partial charge in [0.25, 0.3) is 0 Å². The fourth-order valence-electron chi connectivity index (χ4n) is 3.39. The normalized spacial score (nSPS) is 17.3. The van der Waals surface area contributed by atoms with Crippen LogP contribution in [0.4, 0.5) is 4.39 Å². The van der Waals surface area contributed by atoms with E-state index in [1.165, 1.54) is 5.56 Å². The van der Waals surface area contributed by atoms with Gasteiger partial charge in [0.05, 0.1) is 5.69 Å². The van der Waals surface area contributed by atoms with Crippen LogP contribution in [-0.4, -0.2) is 9.97 Å². The van der Waals surface area contributed by atoms with E-state index in [0.29, 0.717) is 17.4 Å². The fourth-order valence-corrected chi connectivity index (χ4v) is 3.39. The first-order valence-electron chi connectivity index (χ1n) is 8.37. The molecular formula is C20H19FN2O. The van der Waals surface area contributed by atoms with Crippen molar-refractivity contribution in [3.63, 3.8) is 0 Å². The van der Waals surface area contributed by atoms with Crippen molar-refractivity contribution in [2.24, 2.45) is 0 Å². The van der Waals surface area contributed by atoms with Gasteiger partial charge in [0.2, 0.25) is 5.89 Å². The lowest BCUT2D eigenvalue weighted by Crippen LogP contribution is -2.03. The van der Waals surface area contributed by atoms with Gasteiger partial charge in [0.1, 0.15) is 17.3 Å². The Kier molecular flexibility index (Phi) is 3.89. The van der Waals surface area contributed by atoms with E-state index in [1.807, 2.05) is 37.3 Å². The monoisotopic (exact) mass is 322 g/mol. The largest absolute Gasteiger partial charge is 0.440 e. The summed E-state index contributed by atoms with van der Waals surface area (Å²) in [4.78, 5) is 9.01. The first kappa shape index (κ1) is 15.1. The maximum absolute atomic E-state index is 13.5. The minimum absolute atomic E-state index is 0.146. The molecule has 3 aromatic rings. The number of aromatic nitrogens is 2. The minimum Gasteiger partial charge on any atom is -0.440 e. The number of aryl methyl sites for hydroxylation is 2. The van der Waals surface area contributed by atoms with E-state index < -0.39 is 0 Å². The Morgan fingerprint density at radius 3 is 2.92 bits per heavy atom. The number of pyridine rings is 1. The second kappa shape index (κ2) is 6.19. The van der Waals surface area contributed by atoms with Crippen LogP contribution in [0.2, 0.25) is 0 Å². The minimum atomic E-state index is -0.146. The molecule has 0 spiro atoms. The highest BCUT2D eigenvalue weighted by Crippen LogP contribution is 2.34. The molecule has 0 saturated heterocycles. The van der Waals surface area contributed by atoms with Gasteiger partial charge in [-0.05, 0) is 55.0 Å². The number of rotatable bonds is 2. The molecular weight excluding hydrogens is 303 g/mol. The third-order valence-electron chi connectivity index (χ3n) is 4.71. The van der Waals surface area contributed by atoms with Crippen LogP contribution in [-0.2, 0) is 12.8 Å². The zero-order valence-corrected chi connectivity index (χ0v) is 13.6. The SMILES string of the molecule is Cc1cc(C2CCCc3oc(-c4ccccn4)nc3C2)ccc1F. The quantitative estimate of drug-likeness (QED) is 0.633. The van der Waals surface area contributed by atoms with E-state index in [9.17, 15) is 4.39 Å². The third-order valence-corrected chi connectivity index (χ3v) is 4.71. The van der Waals surface area contributed by atoms with Crippen LogP contribution in [0.25, 0.3) is 11.6 Å². The number of hydrogen-bond acceptors (Lipinski definition) is 3. The molecule has 2 heterocycles. The van der Waals surface area contributed by atoms with Crippen LogP contribution < -0.4 is 0 Å². The molecule has 1 aromatic carbocycles. The topological polar surface area (TPSA) is 38.9 Å². The average molecular weight is 322 g/mol. The van der Waals surface area contributed by atoms with Gasteiger partial charge in [-0.15, -0.1) is 0 Å². The van der Waals surface area contributed by atoms with Crippen molar-refractivity contribution in [1.82, 2.24) is 9.97 Å². The molecule has 1 aliphatic rings. The van der Waals surface area contributed by atoms with Gasteiger partial charge in [-0.1, -0.05) is 18.2 Å². The summed E-state index contributed by atoms with van der Waals surface area (Å²) in [6.07, 6.45) is 5.58. The van der Waals surface area contributed by atoms with Crippen LogP contribution in [0, 0.1) is 12.7 Å². The van der Waals surface area contributed by atoms with Gasteiger partial charge in [-0.25, -0.2) is 9.37 Å². The molecule has 24 heavy (non-hydrogen) atoms. The first-order chi connectivity index (χ1) is 11.7. The smallest absolute Gasteiger partial charge is 0.245 e. The highest BCUT2D eigenvalue weighted by molar-refractivity contribution is 5.47. The standard InChI is InChI=1S/C20H19FN2O/c1-13-11-15(8-9-16(13)21)14-5-4-7-19-18(12-14)23-20(24-19)17-6-2-3-10-22-17/h2-3,6,8-11,14H,4-5,7,12H2,1H3. The Bertz CT molecular complexity index is 857. The molecule has 0 bridgehead atoms. The summed E-state index contributed by atoms with van der Waals surface area (Å²) in [5.74, 6) is 1.77. The molecule has 0 aliphatic heterocycles. The lowest BCUT2D eigenvalue weighted by molar-refractivity contribution is 0.504. The van der Waals surface area contributed by atoms with E-state index in [2.05, 4.69) is 4.98 Å². The second-order valence-electron chi connectivity index (χ2n) is 6.41. The summed E-state index contributed by atoms with van der Waals surface area (Å²) in [5, 5.41) is 0. The van der Waals surface area contributed by atoms with Crippen molar-refractivity contribution >= 4 is 0 Å². The van der Waals surface area contributed by atoms with Crippen molar-refractivity contribution in [3.8, 4) is 11.6 Å². The highest BCUT2D eigenvalue weighted by atomic mass is 19.1. The number of hydrogen-bond donors (Lipinski definition) is 0. The molecule has 1 atom stereocenters. The van der Waals surface area contributed by atoms with Gasteiger partial charge in [-0.3, -0.25) is 4.98 Å². The van der Waals surface area contributed by atoms with E-state index >= 15 is 0 Å². The van der Waals surface area contributed by atoms with Gasteiger partial charge >= 0.3 is 0 Å². The molecule has 0 fully saturated rings. The Labute approximate surface area is 140 Å². The summed E-state index contributed by atoms with van der Waals surface area (Å²) in [5.41, 5.74) is 3.66. The van der Waals surface area contributed by atoms with Crippen molar-refractivity contribution in [1.29, 1.82) is 0 Å². The van der Waals surface area contributed by atoms with Crippen molar-refractivity contribution in [2.75, 3.05) is 0 Å². The molecule has 3 nitrogen and oxygen atoms in total. The maximum Gasteiger partial charge on any atom is 0.245 e. The summed E-state index contributed by atoms with van der Waals surface area (Å²) in [6, 6.07) is 11.2. The number of oxazole rings is 1. The molecule has 4 heteroatoms. The Morgan fingerprint density at radius 2 is 2.12 bits per heavy atom. The number of nitrogens with zero attached hydrogens (tertiary/aromatic N) is 2.